The van der Waals surface area contributed by atoms with Crippen molar-refractivity contribution in [2.24, 2.45) is 5.41 Å². The van der Waals surface area contributed by atoms with E-state index in [9.17, 15) is 19.5 Å². The summed E-state index contributed by atoms with van der Waals surface area (Å²) >= 11 is 5.78. The summed E-state index contributed by atoms with van der Waals surface area (Å²) in [5.74, 6) is -0.945. The molecule has 1 spiro atoms. The number of carbonyl (C=O) groups is 2. The Bertz CT molecular complexity index is 724. The van der Waals surface area contributed by atoms with Crippen molar-refractivity contribution in [1.29, 1.82) is 0 Å². The maximum absolute atomic E-state index is 12.5. The fraction of sp³-hybridized carbons (Fsp3) is 0.562. The molecule has 0 aromatic carbocycles. The van der Waals surface area contributed by atoms with Crippen LogP contribution in [0.4, 0.5) is 0 Å². The number of aromatic nitrogens is 1. The van der Waals surface area contributed by atoms with E-state index >= 15 is 0 Å². The minimum absolute atomic E-state index is 0.00366. The zero-order valence-electron chi connectivity index (χ0n) is 13.4. The molecule has 0 bridgehead atoms. The topological polar surface area (TPSA) is 93.7 Å². The van der Waals surface area contributed by atoms with Gasteiger partial charge in [-0.3, -0.25) is 19.3 Å². The molecule has 7 nitrogen and oxygen atoms in total. The van der Waals surface area contributed by atoms with E-state index in [-0.39, 0.29) is 16.3 Å². The molecule has 3 heterocycles. The van der Waals surface area contributed by atoms with E-state index in [0.717, 1.165) is 19.4 Å². The molecule has 1 unspecified atom stereocenters. The van der Waals surface area contributed by atoms with Gasteiger partial charge in [-0.25, -0.2) is 0 Å². The van der Waals surface area contributed by atoms with E-state index in [1.54, 1.807) is 4.90 Å². The number of carboxylic acid groups (broad SMARTS) is 1. The smallest absolute Gasteiger partial charge is 0.320 e. The monoisotopic (exact) mass is 353 g/mol. The number of carbonyl (C=O) groups excluding carboxylic acids is 1. The van der Waals surface area contributed by atoms with Gasteiger partial charge in [0.25, 0.3) is 11.5 Å². The summed E-state index contributed by atoms with van der Waals surface area (Å²) in [7, 11) is 1.84. The number of likely N-dealkylation sites (N-methyl/N-ethyl adjacent to an activating group) is 1. The minimum atomic E-state index is -0.782. The lowest BCUT2D eigenvalue weighted by atomic mass is 9.76. The van der Waals surface area contributed by atoms with Gasteiger partial charge in [0.15, 0.2) is 0 Å². The van der Waals surface area contributed by atoms with E-state index in [1.165, 1.54) is 12.3 Å². The third kappa shape index (κ3) is 3.06. The first-order chi connectivity index (χ1) is 11.3. The van der Waals surface area contributed by atoms with Crippen LogP contribution in [0, 0.1) is 5.41 Å². The number of carboxylic acids is 1. The van der Waals surface area contributed by atoms with Crippen molar-refractivity contribution >= 4 is 23.5 Å². The molecular weight excluding hydrogens is 334 g/mol. The minimum Gasteiger partial charge on any atom is -0.480 e. The van der Waals surface area contributed by atoms with E-state index in [0.29, 0.717) is 25.1 Å². The Hall–Kier alpha value is -1.86. The number of pyridine rings is 1. The summed E-state index contributed by atoms with van der Waals surface area (Å²) in [5.41, 5.74) is -0.0842. The number of nitrogens with one attached hydrogen (secondary N) is 1. The second-order valence-electron chi connectivity index (χ2n) is 6.83. The molecule has 1 aromatic heterocycles. The molecule has 130 valence electrons. The first kappa shape index (κ1) is 17.0. The van der Waals surface area contributed by atoms with Gasteiger partial charge in [0.2, 0.25) is 0 Å². The van der Waals surface area contributed by atoms with Crippen molar-refractivity contribution in [1.82, 2.24) is 14.8 Å². The molecule has 0 saturated carbocycles. The number of halogens is 1. The summed E-state index contributed by atoms with van der Waals surface area (Å²) < 4.78 is 0. The highest BCUT2D eigenvalue weighted by molar-refractivity contribution is 6.30. The van der Waals surface area contributed by atoms with Crippen LogP contribution in [0.5, 0.6) is 0 Å². The van der Waals surface area contributed by atoms with Crippen LogP contribution >= 0.6 is 11.6 Å². The molecule has 0 aliphatic carbocycles. The van der Waals surface area contributed by atoms with Gasteiger partial charge in [0.1, 0.15) is 11.1 Å². The maximum Gasteiger partial charge on any atom is 0.320 e. The van der Waals surface area contributed by atoms with Crippen molar-refractivity contribution in [3.05, 3.63) is 33.2 Å². The van der Waals surface area contributed by atoms with Crippen LogP contribution in [0.1, 0.15) is 29.6 Å². The molecular formula is C16H20ClN3O4. The predicted octanol–water partition coefficient (Wildman–Crippen LogP) is 1.04. The van der Waals surface area contributed by atoms with E-state index in [1.807, 2.05) is 11.9 Å². The van der Waals surface area contributed by atoms with Crippen molar-refractivity contribution in [2.45, 2.75) is 25.3 Å². The first-order valence-corrected chi connectivity index (χ1v) is 8.30. The zero-order chi connectivity index (χ0) is 17.5. The zero-order valence-corrected chi connectivity index (χ0v) is 14.2. The number of H-pyrrole nitrogens is 1. The molecule has 2 fully saturated rings. The van der Waals surface area contributed by atoms with Gasteiger partial charge in [0, 0.05) is 25.8 Å². The third-order valence-electron chi connectivity index (χ3n) is 5.24. The fourth-order valence-corrected chi connectivity index (χ4v) is 4.03. The molecule has 8 heteroatoms. The SMILES string of the molecule is CN1CC2(CCN(C(=O)c3c[nH]c(=O)c(Cl)c3)CC2)CC1C(=O)O. The van der Waals surface area contributed by atoms with Crippen LogP contribution in [0.15, 0.2) is 17.1 Å². The number of likely N-dealkylation sites (tertiary alicyclic amines) is 2. The molecule has 2 saturated heterocycles. The molecule has 1 atom stereocenters. The number of nitrogens with zero attached hydrogens (tertiary/aromatic N) is 2. The number of hydrogen-bond donors (Lipinski definition) is 2. The second-order valence-corrected chi connectivity index (χ2v) is 7.24. The van der Waals surface area contributed by atoms with E-state index in [2.05, 4.69) is 4.98 Å². The van der Waals surface area contributed by atoms with Crippen molar-refractivity contribution in [3.8, 4) is 0 Å². The molecule has 2 aliphatic rings. The normalized spacial score (nSPS) is 23.6. The van der Waals surface area contributed by atoms with Gasteiger partial charge < -0.3 is 15.0 Å². The number of rotatable bonds is 2. The number of aromatic amines is 1. The van der Waals surface area contributed by atoms with Crippen molar-refractivity contribution in [3.63, 3.8) is 0 Å². The van der Waals surface area contributed by atoms with Crippen LogP contribution in [0.25, 0.3) is 0 Å². The fourth-order valence-electron chi connectivity index (χ4n) is 3.85. The van der Waals surface area contributed by atoms with Gasteiger partial charge in [-0.2, -0.15) is 0 Å². The molecule has 24 heavy (non-hydrogen) atoms. The average Bonchev–Trinajstić information content (AvgIpc) is 2.87. The lowest BCUT2D eigenvalue weighted by Crippen LogP contribution is -2.44. The van der Waals surface area contributed by atoms with Gasteiger partial charge in [-0.15, -0.1) is 0 Å². The Morgan fingerprint density at radius 1 is 1.38 bits per heavy atom. The molecule has 0 radical (unpaired) electrons. The molecule has 1 amide bonds. The Labute approximate surface area is 144 Å². The summed E-state index contributed by atoms with van der Waals surface area (Å²) in [6, 6.07) is 0.946. The van der Waals surface area contributed by atoms with Gasteiger partial charge in [-0.1, -0.05) is 11.6 Å². The summed E-state index contributed by atoms with van der Waals surface area (Å²) in [6.07, 6.45) is 3.57. The maximum atomic E-state index is 12.5. The molecule has 3 rings (SSSR count). The number of amides is 1. The van der Waals surface area contributed by atoms with Crippen LogP contribution in [-0.2, 0) is 4.79 Å². The highest BCUT2D eigenvalue weighted by Gasteiger charge is 2.47. The average molecular weight is 354 g/mol. The number of piperidine rings is 1. The third-order valence-corrected chi connectivity index (χ3v) is 5.53. The van der Waals surface area contributed by atoms with Crippen molar-refractivity contribution < 1.29 is 14.7 Å². The Kier molecular flexibility index (Phi) is 4.40. The Balaban J connectivity index is 1.67. The van der Waals surface area contributed by atoms with Gasteiger partial charge in [-0.05, 0) is 37.8 Å². The van der Waals surface area contributed by atoms with Crippen LogP contribution < -0.4 is 5.56 Å². The van der Waals surface area contributed by atoms with E-state index in [4.69, 9.17) is 11.6 Å². The molecule has 2 aliphatic heterocycles. The van der Waals surface area contributed by atoms with Crippen LogP contribution in [0.2, 0.25) is 5.02 Å². The van der Waals surface area contributed by atoms with Gasteiger partial charge >= 0.3 is 5.97 Å². The highest BCUT2D eigenvalue weighted by atomic mass is 35.5. The summed E-state index contributed by atoms with van der Waals surface area (Å²) in [4.78, 5) is 41.2. The Morgan fingerprint density at radius 3 is 2.58 bits per heavy atom. The van der Waals surface area contributed by atoms with E-state index < -0.39 is 17.6 Å². The summed E-state index contributed by atoms with van der Waals surface area (Å²) in [6.45, 7) is 1.90. The molecule has 1 aromatic rings. The molecule has 2 N–H and O–H groups in total. The largest absolute Gasteiger partial charge is 0.480 e. The van der Waals surface area contributed by atoms with Gasteiger partial charge in [0.05, 0.1) is 5.56 Å². The number of hydrogen-bond acceptors (Lipinski definition) is 4. The quantitative estimate of drug-likeness (QED) is 0.828. The predicted molar refractivity (Wildman–Crippen MR) is 88.3 cm³/mol. The number of aliphatic carboxylic acids is 1. The standard InChI is InChI=1S/C16H20ClN3O4/c1-19-9-16(7-12(19)15(23)24)2-4-20(5-3-16)14(22)10-6-11(17)13(21)18-8-10/h6,8,12H,2-5,7,9H2,1H3,(H,18,21)(H,23,24). The second kappa shape index (κ2) is 6.22. The first-order valence-electron chi connectivity index (χ1n) is 7.92. The van der Waals surface area contributed by atoms with Crippen LogP contribution in [0.3, 0.4) is 0 Å². The lowest BCUT2D eigenvalue weighted by Gasteiger charge is -2.39. The highest BCUT2D eigenvalue weighted by Crippen LogP contribution is 2.43. The van der Waals surface area contributed by atoms with Crippen molar-refractivity contribution in [2.75, 3.05) is 26.7 Å². The Morgan fingerprint density at radius 2 is 2.04 bits per heavy atom. The summed E-state index contributed by atoms with van der Waals surface area (Å²) in [5, 5.41) is 9.28. The van der Waals surface area contributed by atoms with Crippen LogP contribution in [-0.4, -0.2) is 64.5 Å². The lowest BCUT2D eigenvalue weighted by molar-refractivity contribution is -0.141.